The predicted molar refractivity (Wildman–Crippen MR) is 120 cm³/mol. The molecular formula is C24H31N3O3. The van der Waals surface area contributed by atoms with E-state index in [1.165, 1.54) is 0 Å². The summed E-state index contributed by atoms with van der Waals surface area (Å²) in [5, 5.41) is 0. The van der Waals surface area contributed by atoms with Crippen LogP contribution in [0, 0.1) is 6.92 Å². The number of amides is 1. The molecule has 0 fully saturated rings. The molecule has 0 unspecified atom stereocenters. The maximum Gasteiger partial charge on any atom is 0.247 e. The molecule has 0 aliphatic carbocycles. The summed E-state index contributed by atoms with van der Waals surface area (Å²) in [4.78, 5) is 20.3. The second-order valence-electron chi connectivity index (χ2n) is 7.54. The van der Waals surface area contributed by atoms with Gasteiger partial charge in [-0.1, -0.05) is 37.3 Å². The van der Waals surface area contributed by atoms with Crippen molar-refractivity contribution in [2.24, 2.45) is 0 Å². The Kier molecular flexibility index (Phi) is 7.24. The summed E-state index contributed by atoms with van der Waals surface area (Å²) in [6.07, 6.45) is 0.851. The van der Waals surface area contributed by atoms with Gasteiger partial charge in [-0.25, -0.2) is 4.98 Å². The molecule has 1 atom stereocenters. The Hall–Kier alpha value is -2.70. The Bertz CT molecular complexity index is 1010. The number of methoxy groups -OCH3 is 2. The van der Waals surface area contributed by atoms with Gasteiger partial charge in [0.2, 0.25) is 5.91 Å². The van der Waals surface area contributed by atoms with Gasteiger partial charge in [-0.05, 0) is 43.5 Å². The first kappa shape index (κ1) is 22.0. The average molecular weight is 410 g/mol. The third-order valence-corrected chi connectivity index (χ3v) is 5.36. The summed E-state index contributed by atoms with van der Waals surface area (Å²) in [6, 6.07) is 13.9. The molecule has 3 aromatic rings. The number of para-hydroxylation sites is 3. The maximum absolute atomic E-state index is 13.7. The number of aromatic nitrogens is 2. The highest BCUT2D eigenvalue weighted by Crippen LogP contribution is 2.29. The van der Waals surface area contributed by atoms with E-state index in [-0.39, 0.29) is 18.5 Å². The minimum atomic E-state index is -0.102. The van der Waals surface area contributed by atoms with Crippen molar-refractivity contribution in [2.75, 3.05) is 25.7 Å². The number of fused-ring (bicyclic) bond motifs is 1. The molecule has 1 aromatic heterocycles. The Morgan fingerprint density at radius 2 is 1.90 bits per heavy atom. The summed E-state index contributed by atoms with van der Waals surface area (Å²) in [5.74, 6) is 0.746. The van der Waals surface area contributed by atoms with Gasteiger partial charge in [0, 0.05) is 14.2 Å². The first-order chi connectivity index (χ1) is 14.5. The maximum atomic E-state index is 13.7. The second kappa shape index (κ2) is 9.87. The highest BCUT2D eigenvalue weighted by Gasteiger charge is 2.27. The van der Waals surface area contributed by atoms with Crippen LogP contribution in [0.4, 0.5) is 5.69 Å². The topological polar surface area (TPSA) is 56.6 Å². The molecule has 0 bridgehead atoms. The molecule has 0 spiro atoms. The molecule has 0 radical (unpaired) electrons. The number of ether oxygens (including phenoxy) is 2. The summed E-state index contributed by atoms with van der Waals surface area (Å²) in [7, 11) is 3.30. The van der Waals surface area contributed by atoms with Crippen molar-refractivity contribution in [3.8, 4) is 0 Å². The number of benzene rings is 2. The summed E-state index contributed by atoms with van der Waals surface area (Å²) < 4.78 is 12.7. The molecule has 1 amide bonds. The standard InChI is InChI=1S/C24H31N3O3/c1-6-19-11-9-10-17(2)24(19)27(18(3)15-29-4)23(28)14-26-21-13-8-7-12-20(21)25-22(26)16-30-5/h7-13,18H,6,14-16H2,1-5H3/t18-/m1/s1. The van der Waals surface area contributed by atoms with Gasteiger partial charge in [0.05, 0.1) is 29.4 Å². The van der Waals surface area contributed by atoms with E-state index >= 15 is 0 Å². The largest absolute Gasteiger partial charge is 0.383 e. The van der Waals surface area contributed by atoms with Crippen molar-refractivity contribution < 1.29 is 14.3 Å². The Balaban J connectivity index is 2.06. The number of rotatable bonds is 9. The zero-order valence-corrected chi connectivity index (χ0v) is 18.5. The third kappa shape index (κ3) is 4.40. The fourth-order valence-corrected chi connectivity index (χ4v) is 4.01. The van der Waals surface area contributed by atoms with E-state index in [0.29, 0.717) is 13.2 Å². The predicted octanol–water partition coefficient (Wildman–Crippen LogP) is 4.12. The smallest absolute Gasteiger partial charge is 0.247 e. The summed E-state index contributed by atoms with van der Waals surface area (Å²) >= 11 is 0. The van der Waals surface area contributed by atoms with Crippen molar-refractivity contribution in [2.45, 2.75) is 46.4 Å². The molecule has 0 saturated heterocycles. The van der Waals surface area contributed by atoms with Crippen molar-refractivity contribution in [1.82, 2.24) is 9.55 Å². The lowest BCUT2D eigenvalue weighted by atomic mass is 10.0. The van der Waals surface area contributed by atoms with Gasteiger partial charge in [-0.15, -0.1) is 0 Å². The van der Waals surface area contributed by atoms with Crippen molar-refractivity contribution in [1.29, 1.82) is 0 Å². The van der Waals surface area contributed by atoms with Crippen LogP contribution in [0.2, 0.25) is 0 Å². The normalized spacial score (nSPS) is 12.3. The third-order valence-electron chi connectivity index (χ3n) is 5.36. The number of carbonyl (C=O) groups is 1. The zero-order chi connectivity index (χ0) is 21.7. The van der Waals surface area contributed by atoms with Gasteiger partial charge < -0.3 is 18.9 Å². The number of hydrogen-bond donors (Lipinski definition) is 0. The quantitative estimate of drug-likeness (QED) is 0.533. The van der Waals surface area contributed by atoms with Crippen LogP contribution in [-0.2, 0) is 33.8 Å². The lowest BCUT2D eigenvalue weighted by molar-refractivity contribution is -0.119. The van der Waals surface area contributed by atoms with Gasteiger partial charge >= 0.3 is 0 Å². The molecule has 0 N–H and O–H groups in total. The van der Waals surface area contributed by atoms with Crippen LogP contribution in [-0.4, -0.2) is 42.3 Å². The molecule has 3 rings (SSSR count). The van der Waals surface area contributed by atoms with E-state index in [1.54, 1.807) is 14.2 Å². The number of hydrogen-bond acceptors (Lipinski definition) is 4. The monoisotopic (exact) mass is 409 g/mol. The lowest BCUT2D eigenvalue weighted by Gasteiger charge is -2.32. The van der Waals surface area contributed by atoms with Crippen molar-refractivity contribution >= 4 is 22.6 Å². The molecule has 160 valence electrons. The summed E-state index contributed by atoms with van der Waals surface area (Å²) in [5.41, 5.74) is 5.00. The molecular weight excluding hydrogens is 378 g/mol. The van der Waals surface area contributed by atoms with E-state index in [9.17, 15) is 4.79 Å². The van der Waals surface area contributed by atoms with Crippen LogP contribution in [0.25, 0.3) is 11.0 Å². The van der Waals surface area contributed by atoms with Crippen LogP contribution in [0.15, 0.2) is 42.5 Å². The average Bonchev–Trinajstić information content (AvgIpc) is 3.07. The minimum absolute atomic E-state index is 0.00376. The highest BCUT2D eigenvalue weighted by atomic mass is 16.5. The zero-order valence-electron chi connectivity index (χ0n) is 18.5. The van der Waals surface area contributed by atoms with Crippen molar-refractivity contribution in [3.63, 3.8) is 0 Å². The molecule has 1 heterocycles. The molecule has 6 nitrogen and oxygen atoms in total. The molecule has 2 aromatic carbocycles. The van der Waals surface area contributed by atoms with Crippen molar-refractivity contribution in [3.05, 3.63) is 59.4 Å². The van der Waals surface area contributed by atoms with Crippen LogP contribution in [0.5, 0.6) is 0 Å². The van der Waals surface area contributed by atoms with E-state index in [4.69, 9.17) is 9.47 Å². The number of imidazole rings is 1. The first-order valence-corrected chi connectivity index (χ1v) is 10.3. The van der Waals surface area contributed by atoms with Gasteiger partial charge in [-0.3, -0.25) is 4.79 Å². The molecule has 0 aliphatic rings. The fourth-order valence-electron chi connectivity index (χ4n) is 4.01. The van der Waals surface area contributed by atoms with Crippen LogP contribution >= 0.6 is 0 Å². The first-order valence-electron chi connectivity index (χ1n) is 10.3. The molecule has 0 aliphatic heterocycles. The number of carbonyl (C=O) groups excluding carboxylic acids is 1. The SMILES string of the molecule is CCc1cccc(C)c1N(C(=O)Cn1c(COC)nc2ccccc21)[C@H](C)COC. The molecule has 0 saturated carbocycles. The van der Waals surface area contributed by atoms with E-state index in [0.717, 1.165) is 40.1 Å². The van der Waals surface area contributed by atoms with Crippen LogP contribution in [0.3, 0.4) is 0 Å². The number of aryl methyl sites for hydroxylation is 2. The lowest BCUT2D eigenvalue weighted by Crippen LogP contribution is -2.44. The molecule has 6 heteroatoms. The van der Waals surface area contributed by atoms with E-state index < -0.39 is 0 Å². The van der Waals surface area contributed by atoms with E-state index in [2.05, 4.69) is 31.0 Å². The Morgan fingerprint density at radius 3 is 2.60 bits per heavy atom. The van der Waals surface area contributed by atoms with Gasteiger partial charge in [0.15, 0.2) is 0 Å². The highest BCUT2D eigenvalue weighted by molar-refractivity contribution is 5.96. The fraction of sp³-hybridized carbons (Fsp3) is 0.417. The van der Waals surface area contributed by atoms with Crippen LogP contribution < -0.4 is 4.90 Å². The van der Waals surface area contributed by atoms with Gasteiger partial charge in [0.25, 0.3) is 0 Å². The van der Waals surface area contributed by atoms with Gasteiger partial charge in [0.1, 0.15) is 19.0 Å². The van der Waals surface area contributed by atoms with Gasteiger partial charge in [-0.2, -0.15) is 0 Å². The Labute approximate surface area is 178 Å². The Morgan fingerprint density at radius 1 is 1.13 bits per heavy atom. The van der Waals surface area contributed by atoms with E-state index in [1.807, 2.05) is 46.7 Å². The molecule has 30 heavy (non-hydrogen) atoms. The minimum Gasteiger partial charge on any atom is -0.383 e. The number of nitrogens with zero attached hydrogens (tertiary/aromatic N) is 3. The van der Waals surface area contributed by atoms with Crippen LogP contribution in [0.1, 0.15) is 30.8 Å². The summed E-state index contributed by atoms with van der Waals surface area (Å²) in [6.45, 7) is 7.18. The second-order valence-corrected chi connectivity index (χ2v) is 7.54. The number of anilines is 1.